The first-order valence-corrected chi connectivity index (χ1v) is 32.4. The number of anilines is 1. The standard InChI is InChI=1S/C65H102N12O14S/c1-15-40(8)56(49(89-13)34-51(79)76-31-20-24-48(76)58(90-14)41(9)59(82)68-42(10)57(81)44-21-17-16-18-22-44)74(11)63(86)54(38(4)5)72-62(85)55(39(6)7)75(12)65(88)91-36-43-25-27-45(28-26-43)69-60(83)47(23-19-30-67-64(66)87)70-61(84)53(37(2)3)71-50(78)35-77-52(80)33-46(73-77)29-32-92/h16-18,21-22,25-28,33,37-42,47-49,53-58,80-81,92H,15,19-20,23-24,29-32,34-36H2,1-14H3,(H,68,82)(H,69,83)(H,70,84)(H,71,78)(H,72,85)(H3,66,67,87)/t40-,41+,42+,47-,48-,49+,53-,54-,55-,56-,57+,58+/m0/s1. The third kappa shape index (κ3) is 22.1. The van der Waals surface area contributed by atoms with Crippen LogP contribution in [0.2, 0.25) is 0 Å². The summed E-state index contributed by atoms with van der Waals surface area (Å²) in [5.41, 5.74) is 7.30. The van der Waals surface area contributed by atoms with E-state index in [9.17, 15) is 53.4 Å². The van der Waals surface area contributed by atoms with Gasteiger partial charge in [-0.15, -0.1) is 0 Å². The highest BCUT2D eigenvalue weighted by atomic mass is 32.1. The van der Waals surface area contributed by atoms with Crippen LogP contribution in [-0.2, 0) is 67.3 Å². The Morgan fingerprint density at radius 2 is 1.45 bits per heavy atom. The normalized spacial score (nSPS) is 16.8. The summed E-state index contributed by atoms with van der Waals surface area (Å²) < 4.78 is 18.9. The van der Waals surface area contributed by atoms with Gasteiger partial charge in [0.05, 0.1) is 54.5 Å². The van der Waals surface area contributed by atoms with Gasteiger partial charge in [-0.1, -0.05) is 111 Å². The van der Waals surface area contributed by atoms with Gasteiger partial charge in [0.2, 0.25) is 47.2 Å². The molecule has 1 aliphatic rings. The average molecular weight is 1310 g/mol. The number of hydrogen-bond donors (Lipinski definition) is 10. The van der Waals surface area contributed by atoms with E-state index >= 15 is 0 Å². The number of nitrogens with one attached hydrogen (secondary N) is 6. The number of amides is 10. The highest BCUT2D eigenvalue weighted by Crippen LogP contribution is 2.31. The lowest BCUT2D eigenvalue weighted by Gasteiger charge is -2.41. The average Bonchev–Trinajstić information content (AvgIpc) is 1.34. The van der Waals surface area contributed by atoms with Crippen LogP contribution in [-0.4, -0.2) is 190 Å². The number of ether oxygens (including phenoxy) is 3. The van der Waals surface area contributed by atoms with E-state index in [-0.39, 0.29) is 62.6 Å². The van der Waals surface area contributed by atoms with Crippen molar-refractivity contribution in [2.24, 2.45) is 35.3 Å². The fourth-order valence-corrected chi connectivity index (χ4v) is 11.8. The van der Waals surface area contributed by atoms with Crippen molar-refractivity contribution < 1.29 is 67.6 Å². The van der Waals surface area contributed by atoms with Gasteiger partial charge < -0.3 is 71.9 Å². The minimum absolute atomic E-state index is 0.0678. The van der Waals surface area contributed by atoms with Gasteiger partial charge >= 0.3 is 12.1 Å². The number of aliphatic hydroxyl groups is 1. The van der Waals surface area contributed by atoms with E-state index in [1.807, 2.05) is 32.0 Å². The second kappa shape index (κ2) is 37.3. The molecule has 1 fully saturated rings. The van der Waals surface area contributed by atoms with Crippen LogP contribution >= 0.6 is 12.6 Å². The van der Waals surface area contributed by atoms with Crippen molar-refractivity contribution in [3.63, 3.8) is 0 Å². The Kier molecular flexibility index (Phi) is 31.2. The number of likely N-dealkylation sites (N-methyl/N-ethyl adjacent to an activating group) is 2. The second-order valence-electron chi connectivity index (χ2n) is 24.9. The molecule has 1 aliphatic heterocycles. The van der Waals surface area contributed by atoms with Crippen LogP contribution < -0.4 is 37.6 Å². The zero-order valence-corrected chi connectivity index (χ0v) is 56.9. The van der Waals surface area contributed by atoms with Crippen LogP contribution in [0.25, 0.3) is 0 Å². The number of nitrogens with zero attached hydrogens (tertiary/aromatic N) is 5. The number of nitrogens with two attached hydrogens (primary N) is 1. The Bertz CT molecular complexity index is 2900. The number of likely N-dealkylation sites (tertiary alicyclic amines) is 1. The molecule has 0 aliphatic carbocycles. The maximum Gasteiger partial charge on any atom is 0.410 e. The molecule has 4 rings (SSSR count). The number of methoxy groups -OCH3 is 2. The molecule has 1 saturated heterocycles. The molecule has 512 valence electrons. The highest BCUT2D eigenvalue weighted by molar-refractivity contribution is 7.80. The van der Waals surface area contributed by atoms with Crippen LogP contribution in [0.1, 0.15) is 131 Å². The predicted octanol–water partition coefficient (Wildman–Crippen LogP) is 4.67. The first-order chi connectivity index (χ1) is 43.5. The molecule has 0 bridgehead atoms. The molecule has 27 heteroatoms. The van der Waals surface area contributed by atoms with Crippen molar-refractivity contribution in [3.05, 3.63) is 77.5 Å². The van der Waals surface area contributed by atoms with Gasteiger partial charge in [-0.2, -0.15) is 17.7 Å². The van der Waals surface area contributed by atoms with Gasteiger partial charge in [0.1, 0.15) is 37.3 Å². The summed E-state index contributed by atoms with van der Waals surface area (Å²) in [5.74, 6) is -5.35. The van der Waals surface area contributed by atoms with E-state index < -0.39 is 126 Å². The van der Waals surface area contributed by atoms with Crippen molar-refractivity contribution in [1.29, 1.82) is 0 Å². The Labute approximate surface area is 547 Å². The van der Waals surface area contributed by atoms with Crippen molar-refractivity contribution in [1.82, 2.24) is 51.1 Å². The van der Waals surface area contributed by atoms with Crippen LogP contribution in [0.3, 0.4) is 0 Å². The topological polar surface area (TPSA) is 348 Å². The number of benzene rings is 2. The first-order valence-electron chi connectivity index (χ1n) is 31.7. The number of carbonyl (C=O) groups is 9. The largest absolute Gasteiger partial charge is 0.493 e. The number of aromatic hydroxyl groups is 1. The molecule has 0 radical (unpaired) electrons. The lowest BCUT2D eigenvalue weighted by Crippen LogP contribution is -2.60. The van der Waals surface area contributed by atoms with Crippen molar-refractivity contribution in [2.75, 3.05) is 52.5 Å². The summed E-state index contributed by atoms with van der Waals surface area (Å²) in [6.07, 6.45) is -0.628. The quantitative estimate of drug-likeness (QED) is 0.0279. The summed E-state index contributed by atoms with van der Waals surface area (Å²) >= 11 is 4.18. The number of aromatic nitrogens is 2. The van der Waals surface area contributed by atoms with Crippen LogP contribution in [0.15, 0.2) is 60.7 Å². The van der Waals surface area contributed by atoms with E-state index in [4.69, 9.17) is 19.9 Å². The number of hydrogen-bond acceptors (Lipinski definition) is 16. The minimum atomic E-state index is -1.14. The van der Waals surface area contributed by atoms with Gasteiger partial charge in [-0.25, -0.2) is 14.3 Å². The van der Waals surface area contributed by atoms with Crippen molar-refractivity contribution in [2.45, 2.75) is 188 Å². The lowest BCUT2D eigenvalue weighted by molar-refractivity contribution is -0.148. The van der Waals surface area contributed by atoms with Gasteiger partial charge in [0.25, 0.3) is 0 Å². The maximum absolute atomic E-state index is 14.8. The van der Waals surface area contributed by atoms with Crippen LogP contribution in [0.5, 0.6) is 5.88 Å². The van der Waals surface area contributed by atoms with E-state index in [1.54, 1.807) is 109 Å². The Balaban J connectivity index is 1.40. The Morgan fingerprint density at radius 1 is 0.793 bits per heavy atom. The summed E-state index contributed by atoms with van der Waals surface area (Å²) in [5, 5.41) is 42.0. The summed E-state index contributed by atoms with van der Waals surface area (Å²) in [6, 6.07) is 10.0. The monoisotopic (exact) mass is 1310 g/mol. The number of rotatable bonds is 36. The maximum atomic E-state index is 14.8. The summed E-state index contributed by atoms with van der Waals surface area (Å²) in [4.78, 5) is 128. The fraction of sp³-hybridized carbons (Fsp3) is 0.631. The van der Waals surface area contributed by atoms with Crippen LogP contribution in [0, 0.1) is 29.6 Å². The smallest absolute Gasteiger partial charge is 0.410 e. The molecule has 2 heterocycles. The summed E-state index contributed by atoms with van der Waals surface area (Å²) in [6.45, 7) is 17.9. The summed E-state index contributed by atoms with van der Waals surface area (Å²) in [7, 11) is 6.08. The molecule has 0 unspecified atom stereocenters. The SMILES string of the molecule is CC[C@H](C)[C@@H]([C@@H](CC(=O)N1CCC[C@H]1[C@H](OC)[C@@H](C)C(=O)N[C@H](C)[C@@H](O)c1ccccc1)OC)N(C)C(=O)[C@@H](NC(=O)[C@H](C(C)C)N(C)C(=O)OCc1ccc(NC(=O)[C@H](CCCNC(N)=O)NC(=O)[C@@H](NC(=O)Cn2nc(CCS)cc2O)C(C)C)cc1)C(C)C. The Morgan fingerprint density at radius 3 is 2.02 bits per heavy atom. The van der Waals surface area contributed by atoms with E-state index in [0.717, 1.165) is 4.68 Å². The molecular weight excluding hydrogens is 1200 g/mol. The molecule has 10 amide bonds. The van der Waals surface area contributed by atoms with Crippen molar-refractivity contribution in [3.8, 4) is 5.88 Å². The van der Waals surface area contributed by atoms with Gasteiger partial charge in [-0.05, 0) is 85.3 Å². The third-order valence-electron chi connectivity index (χ3n) is 17.0. The Hall–Kier alpha value is -7.49. The zero-order valence-electron chi connectivity index (χ0n) is 56.0. The predicted molar refractivity (Wildman–Crippen MR) is 351 cm³/mol. The molecule has 92 heavy (non-hydrogen) atoms. The van der Waals surface area contributed by atoms with Gasteiger partial charge in [-0.3, -0.25) is 38.5 Å². The van der Waals surface area contributed by atoms with Gasteiger partial charge in [0, 0.05) is 59.6 Å². The minimum Gasteiger partial charge on any atom is -0.493 e. The molecule has 0 spiro atoms. The molecule has 3 aromatic rings. The number of aryl methyl sites for hydroxylation is 1. The molecular formula is C65H102N12O14S. The van der Waals surface area contributed by atoms with Crippen LogP contribution in [0.4, 0.5) is 15.3 Å². The molecule has 1 aromatic heterocycles. The lowest BCUT2D eigenvalue weighted by atomic mass is 9.89. The zero-order chi connectivity index (χ0) is 68.7. The molecule has 2 aromatic carbocycles. The molecule has 26 nitrogen and oxygen atoms in total. The number of primary amides is 1. The number of carbonyl (C=O) groups excluding carboxylic acids is 9. The number of urea groups is 1. The fourth-order valence-electron chi connectivity index (χ4n) is 11.6. The number of thiol groups is 1. The molecule has 0 saturated carbocycles. The molecule has 12 atom stereocenters. The van der Waals surface area contributed by atoms with E-state index in [2.05, 4.69) is 49.6 Å². The second-order valence-corrected chi connectivity index (χ2v) is 25.4. The van der Waals surface area contributed by atoms with E-state index in [1.165, 1.54) is 32.2 Å². The van der Waals surface area contributed by atoms with E-state index in [0.29, 0.717) is 60.5 Å². The highest BCUT2D eigenvalue weighted by Gasteiger charge is 2.44. The van der Waals surface area contributed by atoms with Gasteiger partial charge in [0.15, 0.2) is 0 Å². The molecule has 10 N–H and O–H groups in total. The third-order valence-corrected chi connectivity index (χ3v) is 17.2. The first kappa shape index (κ1) is 77.0. The number of aliphatic hydroxyl groups excluding tert-OH is 1. The van der Waals surface area contributed by atoms with Crippen molar-refractivity contribution >= 4 is 71.8 Å².